The van der Waals surface area contributed by atoms with E-state index in [1.165, 1.54) is 0 Å². The van der Waals surface area contributed by atoms with Gasteiger partial charge < -0.3 is 14.4 Å². The lowest BCUT2D eigenvalue weighted by atomic mass is 10.1. The summed E-state index contributed by atoms with van der Waals surface area (Å²) in [4.78, 5) is 11.7. The molecule has 0 aliphatic carbocycles. The third kappa shape index (κ3) is 2.46. The van der Waals surface area contributed by atoms with Crippen molar-refractivity contribution >= 4 is 16.9 Å². The Hall–Kier alpha value is -2.76. The standard InChI is InChI=1S/C17H19N3O3/c1-4-7-19-10-12(9-18-19)20-11(2)16(17(21)22)14-8-13(23-3)5-6-15(14)20/h5-6,8-10H,4,7H2,1-3H3,(H,21,22). The fraction of sp³-hybridized carbons (Fsp3) is 0.294. The van der Waals surface area contributed by atoms with Gasteiger partial charge in [0.05, 0.1) is 30.1 Å². The number of hydrogen-bond donors (Lipinski definition) is 1. The number of aryl methyl sites for hydroxylation is 1. The van der Waals surface area contributed by atoms with Crippen molar-refractivity contribution in [2.45, 2.75) is 26.8 Å². The van der Waals surface area contributed by atoms with Crippen LogP contribution in [0.25, 0.3) is 16.6 Å². The molecule has 2 heterocycles. The van der Waals surface area contributed by atoms with E-state index in [2.05, 4.69) is 12.0 Å². The van der Waals surface area contributed by atoms with E-state index in [9.17, 15) is 9.90 Å². The number of nitrogens with zero attached hydrogens (tertiary/aromatic N) is 3. The first kappa shape index (κ1) is 15.1. The van der Waals surface area contributed by atoms with Gasteiger partial charge >= 0.3 is 5.97 Å². The third-order valence-electron chi connectivity index (χ3n) is 3.96. The molecule has 1 N–H and O–H groups in total. The zero-order valence-corrected chi connectivity index (χ0v) is 13.4. The minimum atomic E-state index is -0.944. The number of fused-ring (bicyclic) bond motifs is 1. The summed E-state index contributed by atoms with van der Waals surface area (Å²) in [5.74, 6) is -0.306. The molecule has 0 saturated heterocycles. The van der Waals surface area contributed by atoms with Gasteiger partial charge in [0.2, 0.25) is 0 Å². The van der Waals surface area contributed by atoms with E-state index < -0.39 is 5.97 Å². The average Bonchev–Trinajstić information content (AvgIpc) is 3.08. The Morgan fingerprint density at radius 1 is 1.39 bits per heavy atom. The predicted molar refractivity (Wildman–Crippen MR) is 87.6 cm³/mol. The normalized spacial score (nSPS) is 11.1. The Morgan fingerprint density at radius 2 is 2.17 bits per heavy atom. The molecule has 0 aliphatic rings. The number of ether oxygens (including phenoxy) is 1. The highest BCUT2D eigenvalue weighted by Gasteiger charge is 2.21. The number of benzene rings is 1. The maximum atomic E-state index is 11.7. The van der Waals surface area contributed by atoms with Crippen molar-refractivity contribution < 1.29 is 14.6 Å². The summed E-state index contributed by atoms with van der Waals surface area (Å²) >= 11 is 0. The van der Waals surface area contributed by atoms with Crippen LogP contribution in [0, 0.1) is 6.92 Å². The molecule has 120 valence electrons. The zero-order chi connectivity index (χ0) is 16.6. The minimum absolute atomic E-state index is 0.294. The Morgan fingerprint density at radius 3 is 2.83 bits per heavy atom. The van der Waals surface area contributed by atoms with Crippen LogP contribution >= 0.6 is 0 Å². The Bertz CT molecular complexity index is 877. The van der Waals surface area contributed by atoms with E-state index in [1.54, 1.807) is 19.4 Å². The highest BCUT2D eigenvalue weighted by Crippen LogP contribution is 2.31. The van der Waals surface area contributed by atoms with Crippen LogP contribution < -0.4 is 4.74 Å². The molecule has 1 aromatic carbocycles. The molecule has 3 rings (SSSR count). The van der Waals surface area contributed by atoms with Crippen LogP contribution in [0.5, 0.6) is 5.75 Å². The first-order valence-corrected chi connectivity index (χ1v) is 7.52. The number of aromatic nitrogens is 3. The second-order valence-corrected chi connectivity index (χ2v) is 5.45. The van der Waals surface area contributed by atoms with Crippen molar-refractivity contribution in [2.75, 3.05) is 7.11 Å². The topological polar surface area (TPSA) is 69.3 Å². The van der Waals surface area contributed by atoms with Gasteiger partial charge in [-0.3, -0.25) is 4.68 Å². The van der Waals surface area contributed by atoms with Crippen molar-refractivity contribution in [1.29, 1.82) is 0 Å². The molecular weight excluding hydrogens is 294 g/mol. The predicted octanol–water partition coefficient (Wildman–Crippen LogP) is 3.25. The van der Waals surface area contributed by atoms with E-state index in [-0.39, 0.29) is 0 Å². The lowest BCUT2D eigenvalue weighted by Crippen LogP contribution is -2.01. The molecule has 0 atom stereocenters. The van der Waals surface area contributed by atoms with Gasteiger partial charge in [0.1, 0.15) is 5.75 Å². The van der Waals surface area contributed by atoms with Crippen LogP contribution in [-0.4, -0.2) is 32.5 Å². The van der Waals surface area contributed by atoms with Crippen LogP contribution in [-0.2, 0) is 6.54 Å². The van der Waals surface area contributed by atoms with Crippen LogP contribution in [0.3, 0.4) is 0 Å². The third-order valence-corrected chi connectivity index (χ3v) is 3.96. The number of carbonyl (C=O) groups is 1. The van der Waals surface area contributed by atoms with Crippen molar-refractivity contribution in [3.8, 4) is 11.4 Å². The summed E-state index contributed by atoms with van der Waals surface area (Å²) in [6, 6.07) is 5.48. The smallest absolute Gasteiger partial charge is 0.338 e. The highest BCUT2D eigenvalue weighted by molar-refractivity contribution is 6.06. The summed E-state index contributed by atoms with van der Waals surface area (Å²) in [5.41, 5.74) is 2.66. The number of hydrogen-bond acceptors (Lipinski definition) is 3. The van der Waals surface area contributed by atoms with Crippen molar-refractivity contribution in [2.24, 2.45) is 0 Å². The average molecular weight is 313 g/mol. The lowest BCUT2D eigenvalue weighted by Gasteiger charge is -2.05. The molecule has 6 nitrogen and oxygen atoms in total. The molecule has 0 unspecified atom stereocenters. The summed E-state index contributed by atoms with van der Waals surface area (Å²) in [6.07, 6.45) is 4.69. The van der Waals surface area contributed by atoms with Gasteiger partial charge in [0.15, 0.2) is 0 Å². The molecule has 23 heavy (non-hydrogen) atoms. The van der Waals surface area contributed by atoms with E-state index >= 15 is 0 Å². The first-order chi connectivity index (χ1) is 11.1. The molecule has 0 spiro atoms. The van der Waals surface area contributed by atoms with Gasteiger partial charge in [-0.15, -0.1) is 0 Å². The van der Waals surface area contributed by atoms with Crippen molar-refractivity contribution in [3.63, 3.8) is 0 Å². The van der Waals surface area contributed by atoms with Crippen molar-refractivity contribution in [3.05, 3.63) is 41.9 Å². The maximum Gasteiger partial charge on any atom is 0.338 e. The van der Waals surface area contributed by atoms with E-state index in [1.807, 2.05) is 34.5 Å². The molecule has 6 heteroatoms. The van der Waals surface area contributed by atoms with Crippen LogP contribution in [0.4, 0.5) is 0 Å². The quantitative estimate of drug-likeness (QED) is 0.785. The lowest BCUT2D eigenvalue weighted by molar-refractivity contribution is 0.0698. The van der Waals surface area contributed by atoms with Gasteiger partial charge in [0, 0.05) is 23.8 Å². The fourth-order valence-electron chi connectivity index (χ4n) is 2.95. The van der Waals surface area contributed by atoms with Crippen LogP contribution in [0.1, 0.15) is 29.4 Å². The maximum absolute atomic E-state index is 11.7. The number of rotatable bonds is 5. The number of carboxylic acids is 1. The zero-order valence-electron chi connectivity index (χ0n) is 13.4. The minimum Gasteiger partial charge on any atom is -0.497 e. The Balaban J connectivity index is 2.27. The van der Waals surface area contributed by atoms with Crippen LogP contribution in [0.15, 0.2) is 30.6 Å². The fourth-order valence-corrected chi connectivity index (χ4v) is 2.95. The monoisotopic (exact) mass is 313 g/mol. The first-order valence-electron chi connectivity index (χ1n) is 7.52. The summed E-state index contributed by atoms with van der Waals surface area (Å²) in [6.45, 7) is 4.73. The summed E-state index contributed by atoms with van der Waals surface area (Å²) in [5, 5.41) is 14.6. The molecule has 2 aromatic heterocycles. The molecule has 0 amide bonds. The van der Waals surface area contributed by atoms with E-state index in [0.29, 0.717) is 22.4 Å². The van der Waals surface area contributed by atoms with E-state index in [0.717, 1.165) is 24.2 Å². The number of carboxylic acid groups (broad SMARTS) is 1. The van der Waals surface area contributed by atoms with Gasteiger partial charge in [-0.05, 0) is 31.5 Å². The summed E-state index contributed by atoms with van der Waals surface area (Å²) < 4.78 is 9.02. The largest absolute Gasteiger partial charge is 0.497 e. The highest BCUT2D eigenvalue weighted by atomic mass is 16.5. The Labute approximate surface area is 133 Å². The van der Waals surface area contributed by atoms with Gasteiger partial charge in [-0.25, -0.2) is 4.79 Å². The van der Waals surface area contributed by atoms with Crippen molar-refractivity contribution in [1.82, 2.24) is 14.3 Å². The molecule has 0 radical (unpaired) electrons. The molecule has 0 saturated carbocycles. The SMILES string of the molecule is CCCn1cc(-n2c(C)c(C(=O)O)c3cc(OC)ccc32)cn1. The number of methoxy groups -OCH3 is 1. The molecule has 0 bridgehead atoms. The van der Waals surface area contributed by atoms with Gasteiger partial charge in [0.25, 0.3) is 0 Å². The van der Waals surface area contributed by atoms with E-state index in [4.69, 9.17) is 4.74 Å². The summed E-state index contributed by atoms with van der Waals surface area (Å²) in [7, 11) is 1.57. The van der Waals surface area contributed by atoms with Crippen LogP contribution in [0.2, 0.25) is 0 Å². The second-order valence-electron chi connectivity index (χ2n) is 5.45. The number of aromatic carboxylic acids is 1. The van der Waals surface area contributed by atoms with Gasteiger partial charge in [-0.2, -0.15) is 5.10 Å². The molecule has 0 aliphatic heterocycles. The second kappa shape index (κ2) is 5.79. The molecule has 3 aromatic rings. The Kier molecular flexibility index (Phi) is 3.82. The van der Waals surface area contributed by atoms with Gasteiger partial charge in [-0.1, -0.05) is 6.92 Å². The molecule has 0 fully saturated rings. The molecular formula is C17H19N3O3.